The van der Waals surface area contributed by atoms with Crippen molar-refractivity contribution in [1.82, 2.24) is 0 Å². The second-order valence-corrected chi connectivity index (χ2v) is 2.99. The Hall–Kier alpha value is -0.0200. The lowest BCUT2D eigenvalue weighted by Gasteiger charge is -2.26. The molecule has 0 amide bonds. The first kappa shape index (κ1) is 9.98. The van der Waals surface area contributed by atoms with Crippen molar-refractivity contribution in [1.29, 1.82) is 0 Å². The van der Waals surface area contributed by atoms with Crippen LogP contribution in [0.15, 0.2) is 0 Å². The summed E-state index contributed by atoms with van der Waals surface area (Å²) in [6.07, 6.45) is 0. The van der Waals surface area contributed by atoms with Gasteiger partial charge in [0.1, 0.15) is 7.82 Å². The fourth-order valence-corrected chi connectivity index (χ4v) is 0.671. The number of phosphoric acid groups is 1. The molecule has 0 aromatic rings. The Morgan fingerprint density at radius 2 is 1.70 bits per heavy atom. The molecular formula is O8PS-3. The van der Waals surface area contributed by atoms with Gasteiger partial charge in [-0.1, -0.05) is 0 Å². The van der Waals surface area contributed by atoms with Crippen LogP contribution in [0.1, 0.15) is 0 Å². The molecule has 0 N–H and O–H groups in total. The second kappa shape index (κ2) is 2.93. The Kier molecular flexibility index (Phi) is 2.92. The van der Waals surface area contributed by atoms with Gasteiger partial charge in [-0.05, 0) is 0 Å². The van der Waals surface area contributed by atoms with Crippen LogP contribution in [0.25, 0.3) is 0 Å². The van der Waals surface area contributed by atoms with Crippen LogP contribution in [-0.2, 0) is 24.0 Å². The Labute approximate surface area is 55.5 Å². The lowest BCUT2D eigenvalue weighted by atomic mass is 14.9. The minimum atomic E-state index is -5.56. The number of rotatable bonds is 3. The average molecular weight is 191 g/mol. The van der Waals surface area contributed by atoms with E-state index in [0.717, 1.165) is 0 Å². The van der Waals surface area contributed by atoms with E-state index < -0.39 is 18.2 Å². The van der Waals surface area contributed by atoms with E-state index in [-0.39, 0.29) is 0 Å². The van der Waals surface area contributed by atoms with E-state index in [2.05, 4.69) is 9.01 Å². The molecule has 0 unspecified atom stereocenters. The molecule has 0 heterocycles. The molecule has 0 atom stereocenters. The maximum absolute atomic E-state index is 9.40. The predicted octanol–water partition coefficient (Wildman–Crippen LogP) is -2.78. The minimum absolute atomic E-state index is 2.62. The van der Waals surface area contributed by atoms with Gasteiger partial charge in [-0.3, -0.25) is 0 Å². The quantitative estimate of drug-likeness (QED) is 0.153. The summed E-state index contributed by atoms with van der Waals surface area (Å²) in [5.41, 5.74) is 0. The van der Waals surface area contributed by atoms with Crippen molar-refractivity contribution >= 4 is 18.2 Å². The average Bonchev–Trinajstić information content (AvgIpc) is 1.57. The molecule has 0 aromatic heterocycles. The first-order valence-corrected chi connectivity index (χ1v) is 4.36. The van der Waals surface area contributed by atoms with Crippen molar-refractivity contribution in [2.75, 3.05) is 0 Å². The Balaban J connectivity index is 3.92. The number of hydrogen-bond donors (Lipinski definition) is 0. The molecule has 62 valence electrons. The van der Waals surface area contributed by atoms with E-state index in [1.165, 1.54) is 0 Å². The van der Waals surface area contributed by atoms with E-state index >= 15 is 0 Å². The van der Waals surface area contributed by atoms with E-state index in [1.807, 2.05) is 0 Å². The van der Waals surface area contributed by atoms with E-state index in [1.54, 1.807) is 0 Å². The van der Waals surface area contributed by atoms with E-state index in [9.17, 15) is 27.3 Å². The van der Waals surface area contributed by atoms with Gasteiger partial charge in [-0.2, -0.15) is 4.67 Å². The summed E-state index contributed by atoms with van der Waals surface area (Å²) in [5.74, 6) is 0. The fourth-order valence-electron chi connectivity index (χ4n) is 0.0745. The third-order valence-corrected chi connectivity index (χ3v) is 0.798. The normalized spacial score (nSPS) is 13.5. The highest BCUT2D eigenvalue weighted by Crippen LogP contribution is 2.25. The maximum atomic E-state index is 9.40. The molecule has 0 radical (unpaired) electrons. The third kappa shape index (κ3) is 7.98. The number of hydrogen-bond acceptors (Lipinski definition) is 8. The van der Waals surface area contributed by atoms with Gasteiger partial charge in [0.15, 0.2) is 0 Å². The molecule has 0 aliphatic carbocycles. The van der Waals surface area contributed by atoms with Crippen LogP contribution in [0.3, 0.4) is 0 Å². The van der Waals surface area contributed by atoms with E-state index in [4.69, 9.17) is 0 Å². The first-order chi connectivity index (χ1) is 4.21. The van der Waals surface area contributed by atoms with Gasteiger partial charge < -0.3 is 18.9 Å². The van der Waals surface area contributed by atoms with Crippen LogP contribution in [0.2, 0.25) is 0 Å². The molecule has 0 aliphatic heterocycles. The maximum Gasteiger partial charge on any atom is 0.245 e. The molecule has 0 rings (SSSR count). The molecule has 0 aliphatic rings. The zero-order chi connectivity index (χ0) is 8.41. The highest BCUT2D eigenvalue weighted by atomic mass is 32.3. The first-order valence-electron chi connectivity index (χ1n) is 1.56. The fraction of sp³-hybridized carbons (Fsp3) is 0. The lowest BCUT2D eigenvalue weighted by molar-refractivity contribution is -0.372. The van der Waals surface area contributed by atoms with Crippen LogP contribution in [0.4, 0.5) is 0 Å². The highest BCUT2D eigenvalue weighted by Gasteiger charge is 1.97. The van der Waals surface area contributed by atoms with Crippen LogP contribution in [0, 0.1) is 0 Å². The smallest absolute Gasteiger partial charge is 0.245 e. The van der Waals surface area contributed by atoms with Crippen LogP contribution < -0.4 is 9.79 Å². The summed E-state index contributed by atoms with van der Waals surface area (Å²) in [6.45, 7) is 0. The summed E-state index contributed by atoms with van der Waals surface area (Å²) in [5, 5.41) is 0. The van der Waals surface area contributed by atoms with Gasteiger partial charge in [0.2, 0.25) is 10.4 Å². The molecule has 10 heavy (non-hydrogen) atoms. The molecular weight excluding hydrogens is 191 g/mol. The highest BCUT2D eigenvalue weighted by molar-refractivity contribution is 7.80. The van der Waals surface area contributed by atoms with Crippen molar-refractivity contribution in [3.05, 3.63) is 0 Å². The molecule has 0 saturated heterocycles. The van der Waals surface area contributed by atoms with Crippen LogP contribution >= 0.6 is 7.82 Å². The summed E-state index contributed by atoms with van der Waals surface area (Å²) in [6, 6.07) is 0. The van der Waals surface area contributed by atoms with Crippen molar-refractivity contribution < 1.29 is 36.3 Å². The summed E-state index contributed by atoms with van der Waals surface area (Å²) in [7, 11) is -10.9. The van der Waals surface area contributed by atoms with Gasteiger partial charge in [0, 0.05) is 0 Å². The largest absolute Gasteiger partial charge is 0.788 e. The third-order valence-electron chi connectivity index (χ3n) is 0.205. The minimum Gasteiger partial charge on any atom is -0.788 e. The monoisotopic (exact) mass is 191 g/mol. The molecule has 0 aromatic carbocycles. The van der Waals surface area contributed by atoms with Gasteiger partial charge >= 0.3 is 0 Å². The van der Waals surface area contributed by atoms with E-state index in [0.29, 0.717) is 0 Å². The van der Waals surface area contributed by atoms with Gasteiger partial charge in [0.05, 0.1) is 0 Å². The molecule has 0 bridgehead atoms. The predicted molar refractivity (Wildman–Crippen MR) is 19.5 cm³/mol. The molecule has 0 fully saturated rings. The topological polar surface area (TPSA) is 139 Å². The SMILES string of the molecule is O=P([O-])([O-])OOS(=O)(=O)[O-]. The Morgan fingerprint density at radius 3 is 1.80 bits per heavy atom. The van der Waals surface area contributed by atoms with Crippen molar-refractivity contribution in [3.8, 4) is 0 Å². The second-order valence-electron chi connectivity index (χ2n) is 0.998. The molecule has 0 spiro atoms. The molecule has 0 saturated carbocycles. The van der Waals surface area contributed by atoms with Crippen molar-refractivity contribution in [3.63, 3.8) is 0 Å². The Bertz CT molecular complexity index is 228. The zero-order valence-corrected chi connectivity index (χ0v) is 5.83. The summed E-state index contributed by atoms with van der Waals surface area (Å²) >= 11 is 0. The van der Waals surface area contributed by atoms with Crippen LogP contribution in [0.5, 0.6) is 0 Å². The molecule has 10 heteroatoms. The summed E-state index contributed by atoms with van der Waals surface area (Å²) < 4.78 is 42.8. The van der Waals surface area contributed by atoms with Crippen LogP contribution in [-0.4, -0.2) is 13.0 Å². The van der Waals surface area contributed by atoms with Gasteiger partial charge in [-0.25, -0.2) is 8.42 Å². The van der Waals surface area contributed by atoms with Crippen molar-refractivity contribution in [2.24, 2.45) is 0 Å². The van der Waals surface area contributed by atoms with Gasteiger partial charge in [-0.15, -0.1) is 4.33 Å². The standard InChI is InChI=1S/H3O8PS/c1-9(2,3)7-8-10(4,5)6/h(H2,1,2,3)(H,4,5,6)/p-3. The summed E-state index contributed by atoms with van der Waals surface area (Å²) in [4.78, 5) is 18.8. The van der Waals surface area contributed by atoms with Gasteiger partial charge in [0.25, 0.3) is 0 Å². The lowest BCUT2D eigenvalue weighted by Crippen LogP contribution is -2.18. The zero-order valence-electron chi connectivity index (χ0n) is 4.12. The molecule has 8 nitrogen and oxygen atoms in total. The van der Waals surface area contributed by atoms with Crippen molar-refractivity contribution in [2.45, 2.75) is 0 Å². The Morgan fingerprint density at radius 1 is 1.30 bits per heavy atom.